The van der Waals surface area contributed by atoms with Crippen LogP contribution in [0, 0.1) is 0 Å². The number of aryl methyl sites for hydroxylation is 1. The molecule has 4 heteroatoms. The highest BCUT2D eigenvalue weighted by Gasteiger charge is 2.41. The Bertz CT molecular complexity index is 560. The summed E-state index contributed by atoms with van der Waals surface area (Å²) >= 11 is 0. The van der Waals surface area contributed by atoms with Crippen LogP contribution in [0.5, 0.6) is 0 Å². The maximum Gasteiger partial charge on any atom is 0.231 e. The van der Waals surface area contributed by atoms with Crippen molar-refractivity contribution in [2.75, 3.05) is 19.7 Å². The quantitative estimate of drug-likeness (QED) is 0.801. The van der Waals surface area contributed by atoms with Gasteiger partial charge in [-0.15, -0.1) is 0 Å². The van der Waals surface area contributed by atoms with Crippen LogP contribution in [0.4, 0.5) is 0 Å². The third-order valence-electron chi connectivity index (χ3n) is 5.58. The Morgan fingerprint density at radius 1 is 1.32 bits per heavy atom. The second-order valence-electron chi connectivity index (χ2n) is 6.99. The summed E-state index contributed by atoms with van der Waals surface area (Å²) in [5.74, 6) is 0.237. The standard InChI is InChI=1S/C18H24N2O2/c21-17(15-7-6-14-5-4-10-19-16(14)15)20-11-12-22-18(13-20)8-2-1-3-9-18/h4-5,10,15H,1-3,6-9,11-13H2/t15-/m0/s1. The third-order valence-corrected chi connectivity index (χ3v) is 5.58. The number of carbonyl (C=O) groups excluding carboxylic acids is 1. The summed E-state index contributed by atoms with van der Waals surface area (Å²) in [5, 5.41) is 0. The third kappa shape index (κ3) is 2.43. The fraction of sp³-hybridized carbons (Fsp3) is 0.667. The molecule has 1 amide bonds. The molecule has 1 atom stereocenters. The second kappa shape index (κ2) is 5.65. The van der Waals surface area contributed by atoms with Crippen molar-refractivity contribution < 1.29 is 9.53 Å². The Morgan fingerprint density at radius 2 is 2.18 bits per heavy atom. The topological polar surface area (TPSA) is 42.4 Å². The van der Waals surface area contributed by atoms with Crippen molar-refractivity contribution in [2.24, 2.45) is 0 Å². The van der Waals surface area contributed by atoms with Crippen LogP contribution in [0.3, 0.4) is 0 Å². The summed E-state index contributed by atoms with van der Waals surface area (Å²) in [7, 11) is 0. The van der Waals surface area contributed by atoms with E-state index in [9.17, 15) is 4.79 Å². The average molecular weight is 300 g/mol. The average Bonchev–Trinajstić information content (AvgIpc) is 2.99. The van der Waals surface area contributed by atoms with Gasteiger partial charge in [-0.05, 0) is 37.3 Å². The Kier molecular flexibility index (Phi) is 3.65. The minimum atomic E-state index is -0.0578. The van der Waals surface area contributed by atoms with Gasteiger partial charge in [0.1, 0.15) is 0 Å². The smallest absolute Gasteiger partial charge is 0.231 e. The normalized spacial score (nSPS) is 26.9. The summed E-state index contributed by atoms with van der Waals surface area (Å²) in [6, 6.07) is 4.08. The van der Waals surface area contributed by atoms with E-state index in [2.05, 4.69) is 16.0 Å². The van der Waals surface area contributed by atoms with E-state index in [1.807, 2.05) is 12.3 Å². The number of hydrogen-bond donors (Lipinski definition) is 0. The van der Waals surface area contributed by atoms with Crippen molar-refractivity contribution in [3.8, 4) is 0 Å². The number of pyridine rings is 1. The Hall–Kier alpha value is -1.42. The summed E-state index contributed by atoms with van der Waals surface area (Å²) < 4.78 is 6.11. The molecule has 4 rings (SSSR count). The zero-order valence-corrected chi connectivity index (χ0v) is 13.1. The fourth-order valence-electron chi connectivity index (χ4n) is 4.40. The summed E-state index contributed by atoms with van der Waals surface area (Å²) in [5.41, 5.74) is 2.20. The molecule has 2 fully saturated rings. The highest BCUT2D eigenvalue weighted by Crippen LogP contribution is 2.37. The van der Waals surface area contributed by atoms with E-state index in [1.165, 1.54) is 24.8 Å². The molecule has 3 aliphatic rings. The van der Waals surface area contributed by atoms with E-state index in [4.69, 9.17) is 4.74 Å². The van der Waals surface area contributed by atoms with E-state index in [0.29, 0.717) is 6.61 Å². The zero-order valence-electron chi connectivity index (χ0n) is 13.1. The first-order chi connectivity index (χ1) is 10.8. The van der Waals surface area contributed by atoms with Gasteiger partial charge in [-0.2, -0.15) is 0 Å². The molecular formula is C18H24N2O2. The van der Waals surface area contributed by atoms with Crippen LogP contribution >= 0.6 is 0 Å². The predicted molar refractivity (Wildman–Crippen MR) is 83.6 cm³/mol. The van der Waals surface area contributed by atoms with Crippen molar-refractivity contribution in [3.63, 3.8) is 0 Å². The molecule has 1 aromatic rings. The van der Waals surface area contributed by atoms with Gasteiger partial charge in [0, 0.05) is 19.3 Å². The lowest BCUT2D eigenvalue weighted by Gasteiger charge is -2.45. The number of nitrogens with zero attached hydrogens (tertiary/aromatic N) is 2. The molecule has 1 saturated carbocycles. The molecule has 0 bridgehead atoms. The van der Waals surface area contributed by atoms with Gasteiger partial charge in [0.15, 0.2) is 0 Å². The van der Waals surface area contributed by atoms with Crippen molar-refractivity contribution in [1.82, 2.24) is 9.88 Å². The van der Waals surface area contributed by atoms with Crippen LogP contribution in [-0.2, 0) is 16.0 Å². The Morgan fingerprint density at radius 3 is 3.05 bits per heavy atom. The lowest BCUT2D eigenvalue weighted by Crippen LogP contribution is -2.55. The highest BCUT2D eigenvalue weighted by molar-refractivity contribution is 5.84. The molecule has 0 unspecified atom stereocenters. The van der Waals surface area contributed by atoms with Crippen molar-refractivity contribution in [1.29, 1.82) is 0 Å². The molecule has 0 N–H and O–H groups in total. The van der Waals surface area contributed by atoms with E-state index < -0.39 is 0 Å². The van der Waals surface area contributed by atoms with E-state index >= 15 is 0 Å². The molecule has 1 saturated heterocycles. The van der Waals surface area contributed by atoms with E-state index in [-0.39, 0.29) is 17.4 Å². The number of hydrogen-bond acceptors (Lipinski definition) is 3. The van der Waals surface area contributed by atoms with Crippen LogP contribution in [0.25, 0.3) is 0 Å². The largest absolute Gasteiger partial charge is 0.371 e. The first kappa shape index (κ1) is 14.2. The molecule has 4 nitrogen and oxygen atoms in total. The Labute approximate surface area is 131 Å². The van der Waals surface area contributed by atoms with Crippen molar-refractivity contribution in [2.45, 2.75) is 56.5 Å². The molecule has 22 heavy (non-hydrogen) atoms. The molecular weight excluding hydrogens is 276 g/mol. The van der Waals surface area contributed by atoms with Gasteiger partial charge in [-0.25, -0.2) is 0 Å². The lowest BCUT2D eigenvalue weighted by atomic mass is 9.83. The van der Waals surface area contributed by atoms with E-state index in [0.717, 1.165) is 44.5 Å². The minimum absolute atomic E-state index is 0.0325. The molecule has 0 aromatic carbocycles. The molecule has 2 aliphatic carbocycles. The number of ether oxygens (including phenoxy) is 1. The van der Waals surface area contributed by atoms with Crippen molar-refractivity contribution in [3.05, 3.63) is 29.6 Å². The predicted octanol–water partition coefficient (Wildman–Crippen LogP) is 2.67. The molecule has 1 spiro atoms. The van der Waals surface area contributed by atoms with Gasteiger partial charge in [-0.1, -0.05) is 25.3 Å². The molecule has 118 valence electrons. The van der Waals surface area contributed by atoms with E-state index in [1.54, 1.807) is 0 Å². The van der Waals surface area contributed by atoms with Gasteiger partial charge in [0.05, 0.1) is 23.8 Å². The molecule has 0 radical (unpaired) electrons. The Balaban J connectivity index is 1.51. The van der Waals surface area contributed by atoms with Crippen molar-refractivity contribution >= 4 is 5.91 Å². The number of carbonyl (C=O) groups is 1. The lowest BCUT2D eigenvalue weighted by molar-refractivity contribution is -0.157. The number of fused-ring (bicyclic) bond motifs is 1. The van der Waals surface area contributed by atoms with Gasteiger partial charge in [-0.3, -0.25) is 9.78 Å². The SMILES string of the molecule is O=C([C@H]1CCc2cccnc21)N1CCOC2(CCCCC2)C1. The fourth-order valence-corrected chi connectivity index (χ4v) is 4.40. The van der Waals surface area contributed by atoms with Gasteiger partial charge in [0.2, 0.25) is 5.91 Å². The number of morpholine rings is 1. The maximum absolute atomic E-state index is 13.0. The van der Waals surface area contributed by atoms with Gasteiger partial charge < -0.3 is 9.64 Å². The second-order valence-corrected chi connectivity index (χ2v) is 6.99. The molecule has 1 aromatic heterocycles. The number of rotatable bonds is 1. The van der Waals surface area contributed by atoms with Crippen LogP contribution in [0.15, 0.2) is 18.3 Å². The maximum atomic E-state index is 13.0. The highest BCUT2D eigenvalue weighted by atomic mass is 16.5. The first-order valence-corrected chi connectivity index (χ1v) is 8.64. The molecule has 2 heterocycles. The van der Waals surface area contributed by atoms with Crippen LogP contribution in [0.1, 0.15) is 55.7 Å². The zero-order chi connectivity index (χ0) is 15.0. The number of amides is 1. The van der Waals surface area contributed by atoms with Crippen LogP contribution in [0.2, 0.25) is 0 Å². The molecule has 1 aliphatic heterocycles. The van der Waals surface area contributed by atoms with Gasteiger partial charge in [0.25, 0.3) is 0 Å². The minimum Gasteiger partial charge on any atom is -0.371 e. The number of aromatic nitrogens is 1. The summed E-state index contributed by atoms with van der Waals surface area (Å²) in [6.45, 7) is 2.21. The van der Waals surface area contributed by atoms with Crippen LogP contribution < -0.4 is 0 Å². The van der Waals surface area contributed by atoms with Gasteiger partial charge >= 0.3 is 0 Å². The summed E-state index contributed by atoms with van der Waals surface area (Å²) in [4.78, 5) is 19.6. The summed E-state index contributed by atoms with van der Waals surface area (Å²) in [6.07, 6.45) is 9.69. The first-order valence-electron chi connectivity index (χ1n) is 8.64. The van der Waals surface area contributed by atoms with Crippen LogP contribution in [-0.4, -0.2) is 41.1 Å². The monoisotopic (exact) mass is 300 g/mol.